The largest absolute Gasteiger partial charge is 0.375 e. The molecule has 1 unspecified atom stereocenters. The van der Waals surface area contributed by atoms with Crippen LogP contribution in [0, 0.1) is 0 Å². The first-order chi connectivity index (χ1) is 13.8. The second-order valence-corrected chi connectivity index (χ2v) is 8.48. The molecular formula is C22H35N5OS. The molecule has 0 bridgehead atoms. The molecule has 0 aliphatic heterocycles. The van der Waals surface area contributed by atoms with Crippen molar-refractivity contribution >= 4 is 17.3 Å². The monoisotopic (exact) mass is 417 g/mol. The SMILES string of the molecule is CN=C(NCc1ccccc1CN(C)C(C)C)N(C)Cc1csc(C(C)OC)n1. The Bertz CT molecular complexity index is 789. The lowest BCUT2D eigenvalue weighted by atomic mass is 10.1. The van der Waals surface area contributed by atoms with Crippen molar-refractivity contribution in [2.75, 3.05) is 28.3 Å². The van der Waals surface area contributed by atoms with Gasteiger partial charge in [0, 0.05) is 45.7 Å². The van der Waals surface area contributed by atoms with Gasteiger partial charge in [0.25, 0.3) is 0 Å². The maximum Gasteiger partial charge on any atom is 0.194 e. The van der Waals surface area contributed by atoms with E-state index in [0.717, 1.165) is 29.8 Å². The van der Waals surface area contributed by atoms with Gasteiger partial charge in [-0.3, -0.25) is 9.89 Å². The van der Waals surface area contributed by atoms with Crippen LogP contribution >= 0.6 is 11.3 Å². The highest BCUT2D eigenvalue weighted by molar-refractivity contribution is 7.09. The molecule has 0 amide bonds. The van der Waals surface area contributed by atoms with Crippen LogP contribution in [0.3, 0.4) is 0 Å². The molecule has 0 saturated carbocycles. The highest BCUT2D eigenvalue weighted by Gasteiger charge is 2.13. The molecule has 0 spiro atoms. The first-order valence-electron chi connectivity index (χ1n) is 10.0. The van der Waals surface area contributed by atoms with Crippen molar-refractivity contribution in [3.05, 3.63) is 51.5 Å². The number of ether oxygens (including phenoxy) is 1. The predicted molar refractivity (Wildman–Crippen MR) is 122 cm³/mol. The van der Waals surface area contributed by atoms with Crippen LogP contribution in [0.25, 0.3) is 0 Å². The number of aromatic nitrogens is 1. The molecule has 29 heavy (non-hydrogen) atoms. The van der Waals surface area contributed by atoms with Gasteiger partial charge in [0.05, 0.1) is 12.2 Å². The van der Waals surface area contributed by atoms with Crippen molar-refractivity contribution in [1.82, 2.24) is 20.1 Å². The van der Waals surface area contributed by atoms with E-state index in [4.69, 9.17) is 4.74 Å². The molecule has 1 aromatic carbocycles. The van der Waals surface area contributed by atoms with Crippen LogP contribution in [0.15, 0.2) is 34.6 Å². The average molecular weight is 418 g/mol. The molecule has 1 N–H and O–H groups in total. The quantitative estimate of drug-likeness (QED) is 0.495. The van der Waals surface area contributed by atoms with Crippen molar-refractivity contribution in [2.45, 2.75) is 52.6 Å². The molecule has 2 rings (SSSR count). The third-order valence-electron chi connectivity index (χ3n) is 5.10. The first-order valence-corrected chi connectivity index (χ1v) is 10.9. The molecule has 0 fully saturated rings. The zero-order valence-electron chi connectivity index (χ0n) is 18.8. The molecule has 0 saturated heterocycles. The predicted octanol–water partition coefficient (Wildman–Crippen LogP) is 3.90. The summed E-state index contributed by atoms with van der Waals surface area (Å²) < 4.78 is 5.36. The van der Waals surface area contributed by atoms with E-state index in [9.17, 15) is 0 Å². The van der Waals surface area contributed by atoms with E-state index in [-0.39, 0.29) is 6.10 Å². The Labute approximate surface area is 179 Å². The van der Waals surface area contributed by atoms with Crippen LogP contribution in [-0.2, 0) is 24.4 Å². The third-order valence-corrected chi connectivity index (χ3v) is 6.15. The van der Waals surface area contributed by atoms with Crippen molar-refractivity contribution < 1.29 is 4.74 Å². The second kappa shape index (κ2) is 11.3. The number of nitrogens with one attached hydrogen (secondary N) is 1. The minimum absolute atomic E-state index is 0.0250. The van der Waals surface area contributed by atoms with Crippen molar-refractivity contribution in [3.63, 3.8) is 0 Å². The molecule has 6 nitrogen and oxygen atoms in total. The Kier molecular flexibility index (Phi) is 9.07. The Hall–Kier alpha value is -1.96. The van der Waals surface area contributed by atoms with Gasteiger partial charge in [-0.05, 0) is 38.9 Å². The summed E-state index contributed by atoms with van der Waals surface area (Å²) in [6, 6.07) is 9.10. The van der Waals surface area contributed by atoms with E-state index in [0.29, 0.717) is 12.6 Å². The maximum absolute atomic E-state index is 5.36. The molecule has 1 heterocycles. The Balaban J connectivity index is 1.99. The summed E-state index contributed by atoms with van der Waals surface area (Å²) in [4.78, 5) is 13.6. The summed E-state index contributed by atoms with van der Waals surface area (Å²) >= 11 is 1.64. The van der Waals surface area contributed by atoms with Gasteiger partial charge in [-0.15, -0.1) is 11.3 Å². The third kappa shape index (κ3) is 6.80. The minimum Gasteiger partial charge on any atom is -0.375 e. The molecule has 2 aromatic rings. The van der Waals surface area contributed by atoms with Gasteiger partial charge in [-0.2, -0.15) is 0 Å². The standard InChI is InChI=1S/C22H35N5OS/c1-16(2)26(5)13-19-11-9-8-10-18(19)12-24-22(23-4)27(6)14-20-15-29-21(25-20)17(3)28-7/h8-11,15-17H,12-14H2,1-7H3,(H,23,24). The van der Waals surface area contributed by atoms with Gasteiger partial charge < -0.3 is 15.0 Å². The number of aliphatic imine (C=N–C) groups is 1. The maximum atomic E-state index is 5.36. The number of rotatable bonds is 9. The number of hydrogen-bond donors (Lipinski definition) is 1. The van der Waals surface area contributed by atoms with Gasteiger partial charge in [0.1, 0.15) is 11.1 Å². The summed E-state index contributed by atoms with van der Waals surface area (Å²) in [7, 11) is 7.72. The summed E-state index contributed by atoms with van der Waals surface area (Å²) in [5, 5.41) is 6.59. The highest BCUT2D eigenvalue weighted by Crippen LogP contribution is 2.21. The van der Waals surface area contributed by atoms with E-state index >= 15 is 0 Å². The van der Waals surface area contributed by atoms with Gasteiger partial charge in [0.2, 0.25) is 0 Å². The van der Waals surface area contributed by atoms with E-state index in [1.54, 1.807) is 18.4 Å². The normalized spacial score (nSPS) is 13.2. The Morgan fingerprint density at radius 1 is 1.17 bits per heavy atom. The number of hydrogen-bond acceptors (Lipinski definition) is 5. The second-order valence-electron chi connectivity index (χ2n) is 7.59. The summed E-state index contributed by atoms with van der Waals surface area (Å²) in [6.07, 6.45) is 0.0250. The lowest BCUT2D eigenvalue weighted by molar-refractivity contribution is 0.119. The van der Waals surface area contributed by atoms with Gasteiger partial charge in [0.15, 0.2) is 5.96 Å². The molecule has 160 valence electrons. The molecule has 1 aromatic heterocycles. The van der Waals surface area contributed by atoms with Crippen LogP contribution in [0.5, 0.6) is 0 Å². The molecular weight excluding hydrogens is 382 g/mol. The summed E-state index contributed by atoms with van der Waals surface area (Å²) in [5.41, 5.74) is 3.66. The van der Waals surface area contributed by atoms with Crippen LogP contribution in [0.1, 0.15) is 48.7 Å². The minimum atomic E-state index is 0.0250. The zero-order chi connectivity index (χ0) is 21.4. The van der Waals surface area contributed by atoms with Crippen LogP contribution in [0.2, 0.25) is 0 Å². The number of thiazole rings is 1. The van der Waals surface area contributed by atoms with Crippen molar-refractivity contribution in [1.29, 1.82) is 0 Å². The lowest BCUT2D eigenvalue weighted by Gasteiger charge is -2.24. The summed E-state index contributed by atoms with van der Waals surface area (Å²) in [6.45, 7) is 8.82. The fourth-order valence-electron chi connectivity index (χ4n) is 2.90. The Morgan fingerprint density at radius 2 is 1.86 bits per heavy atom. The van der Waals surface area contributed by atoms with Gasteiger partial charge >= 0.3 is 0 Å². The van der Waals surface area contributed by atoms with E-state index < -0.39 is 0 Å². The number of guanidine groups is 1. The van der Waals surface area contributed by atoms with Gasteiger partial charge in [-0.1, -0.05) is 24.3 Å². The van der Waals surface area contributed by atoms with Crippen molar-refractivity contribution in [3.8, 4) is 0 Å². The first kappa shape index (κ1) is 23.3. The highest BCUT2D eigenvalue weighted by atomic mass is 32.1. The summed E-state index contributed by atoms with van der Waals surface area (Å²) in [5.74, 6) is 0.853. The van der Waals surface area contributed by atoms with E-state index in [2.05, 4.69) is 75.6 Å². The van der Waals surface area contributed by atoms with Gasteiger partial charge in [-0.25, -0.2) is 4.98 Å². The molecule has 0 aliphatic rings. The number of methoxy groups -OCH3 is 1. The lowest BCUT2D eigenvalue weighted by Crippen LogP contribution is -2.38. The average Bonchev–Trinajstić information content (AvgIpc) is 3.17. The molecule has 1 atom stereocenters. The van der Waals surface area contributed by atoms with E-state index in [1.165, 1.54) is 11.1 Å². The van der Waals surface area contributed by atoms with Crippen LogP contribution in [0.4, 0.5) is 0 Å². The van der Waals surface area contributed by atoms with E-state index in [1.807, 2.05) is 21.0 Å². The van der Waals surface area contributed by atoms with Crippen LogP contribution in [-0.4, -0.2) is 55.0 Å². The topological polar surface area (TPSA) is 53.0 Å². The molecule has 7 heteroatoms. The van der Waals surface area contributed by atoms with Crippen molar-refractivity contribution in [2.24, 2.45) is 4.99 Å². The molecule has 0 aliphatic carbocycles. The Morgan fingerprint density at radius 3 is 2.48 bits per heavy atom. The fourth-order valence-corrected chi connectivity index (χ4v) is 3.74. The number of benzene rings is 1. The zero-order valence-corrected chi connectivity index (χ0v) is 19.6. The fraction of sp³-hybridized carbons (Fsp3) is 0.545. The smallest absolute Gasteiger partial charge is 0.194 e. The molecule has 0 radical (unpaired) electrons. The number of nitrogens with zero attached hydrogens (tertiary/aromatic N) is 4. The van der Waals surface area contributed by atoms with Crippen LogP contribution < -0.4 is 5.32 Å².